The van der Waals surface area contributed by atoms with Crippen LogP contribution in [0.4, 0.5) is 0 Å². The molecule has 0 aromatic heterocycles. The molecular formula is C26H22ClO5P. The average molecular weight is 481 g/mol. The van der Waals surface area contributed by atoms with Gasteiger partial charge in [-0.25, -0.2) is 18.6 Å². The lowest BCUT2D eigenvalue weighted by Crippen LogP contribution is -2.68. The molecule has 0 bridgehead atoms. The molecular weight excluding hydrogens is 459 g/mol. The Morgan fingerprint density at radius 1 is 0.545 bits per heavy atom. The maximum absolute atomic E-state index is 13.4. The number of rotatable bonds is 6. The van der Waals surface area contributed by atoms with Gasteiger partial charge in [0.2, 0.25) is 5.78 Å². The van der Waals surface area contributed by atoms with E-state index in [9.17, 15) is 4.79 Å². The highest BCUT2D eigenvalue weighted by Gasteiger charge is 2.47. The van der Waals surface area contributed by atoms with Gasteiger partial charge in [-0.2, -0.15) is 0 Å². The van der Waals surface area contributed by atoms with Crippen molar-refractivity contribution in [3.05, 3.63) is 127 Å². The zero-order chi connectivity index (χ0) is 23.7. The number of carbonyl (C=O) groups is 1. The SMILES string of the molecule is O=C(C[P+](c1ccccc1)(c1ccccc1)c1ccccc1)c1ccccc1.[O-][Cl+3]([O-])([O-])[O-]. The van der Waals surface area contributed by atoms with Crippen molar-refractivity contribution in [3.8, 4) is 0 Å². The molecule has 0 aliphatic heterocycles. The van der Waals surface area contributed by atoms with Crippen LogP contribution in [0.1, 0.15) is 10.4 Å². The molecule has 0 fully saturated rings. The number of Topliss-reactive ketones (excluding diaryl/α,β-unsaturated/α-hetero) is 1. The third-order valence-electron chi connectivity index (χ3n) is 5.07. The summed E-state index contributed by atoms with van der Waals surface area (Å²) in [5.41, 5.74) is 0.773. The lowest BCUT2D eigenvalue weighted by atomic mass is 10.2. The predicted molar refractivity (Wildman–Crippen MR) is 121 cm³/mol. The van der Waals surface area contributed by atoms with Crippen LogP contribution < -0.4 is 34.5 Å². The maximum Gasteiger partial charge on any atom is 0.201 e. The van der Waals surface area contributed by atoms with E-state index in [1.165, 1.54) is 15.9 Å². The highest BCUT2D eigenvalue weighted by molar-refractivity contribution is 7.96. The molecule has 0 unspecified atom stereocenters. The highest BCUT2D eigenvalue weighted by Crippen LogP contribution is 2.55. The predicted octanol–water partition coefficient (Wildman–Crippen LogP) is 0.107. The van der Waals surface area contributed by atoms with Crippen molar-refractivity contribution in [2.45, 2.75) is 0 Å². The zero-order valence-corrected chi connectivity index (χ0v) is 19.3. The number of carbonyl (C=O) groups excluding carboxylic acids is 1. The lowest BCUT2D eigenvalue weighted by molar-refractivity contribution is -2.00. The maximum atomic E-state index is 13.4. The van der Waals surface area contributed by atoms with Crippen LogP contribution >= 0.6 is 7.26 Å². The van der Waals surface area contributed by atoms with Crippen molar-refractivity contribution in [2.24, 2.45) is 0 Å². The summed E-state index contributed by atoms with van der Waals surface area (Å²) in [7, 11) is -7.07. The van der Waals surface area contributed by atoms with Crippen molar-refractivity contribution in [1.29, 1.82) is 0 Å². The molecule has 4 aromatic carbocycles. The van der Waals surface area contributed by atoms with Crippen LogP contribution in [0, 0.1) is 10.2 Å². The van der Waals surface area contributed by atoms with Crippen LogP contribution in [0.15, 0.2) is 121 Å². The Hall–Kier alpha value is -2.89. The molecule has 4 aromatic rings. The van der Waals surface area contributed by atoms with Crippen molar-refractivity contribution in [2.75, 3.05) is 6.16 Å². The summed E-state index contributed by atoms with van der Waals surface area (Å²) >= 11 is 0. The van der Waals surface area contributed by atoms with Crippen LogP contribution in [-0.4, -0.2) is 11.9 Å². The first-order valence-electron chi connectivity index (χ1n) is 10.1. The molecule has 0 saturated heterocycles. The van der Waals surface area contributed by atoms with Crippen LogP contribution in [0.2, 0.25) is 0 Å². The van der Waals surface area contributed by atoms with Crippen LogP contribution in [0.25, 0.3) is 0 Å². The molecule has 0 spiro atoms. The Balaban J connectivity index is 0.000000555. The van der Waals surface area contributed by atoms with E-state index in [0.717, 1.165) is 5.56 Å². The summed E-state index contributed by atoms with van der Waals surface area (Å²) in [4.78, 5) is 13.4. The number of ketones is 1. The van der Waals surface area contributed by atoms with Gasteiger partial charge in [-0.15, -0.1) is 10.2 Å². The Bertz CT molecular complexity index is 1030. The monoisotopic (exact) mass is 480 g/mol. The molecule has 4 rings (SSSR count). The second-order valence-corrected chi connectivity index (χ2v) is 11.4. The van der Waals surface area contributed by atoms with Gasteiger partial charge in [0.1, 0.15) is 29.3 Å². The second kappa shape index (κ2) is 11.3. The fourth-order valence-corrected chi connectivity index (χ4v) is 7.80. The number of halogens is 1. The van der Waals surface area contributed by atoms with Gasteiger partial charge in [0.15, 0.2) is 0 Å². The zero-order valence-electron chi connectivity index (χ0n) is 17.6. The molecule has 0 atom stereocenters. The van der Waals surface area contributed by atoms with Gasteiger partial charge in [-0.1, -0.05) is 84.9 Å². The minimum absolute atomic E-state index is 0.186. The van der Waals surface area contributed by atoms with E-state index < -0.39 is 17.5 Å². The summed E-state index contributed by atoms with van der Waals surface area (Å²) in [5, 5.41) is 3.70. The van der Waals surface area contributed by atoms with E-state index in [2.05, 4.69) is 72.8 Å². The van der Waals surface area contributed by atoms with Crippen molar-refractivity contribution >= 4 is 29.0 Å². The molecule has 5 nitrogen and oxygen atoms in total. The van der Waals surface area contributed by atoms with Gasteiger partial charge in [-0.05, 0) is 36.4 Å². The molecule has 0 amide bonds. The van der Waals surface area contributed by atoms with Gasteiger partial charge in [-0.3, -0.25) is 4.79 Å². The number of hydrogen-bond donors (Lipinski definition) is 0. The minimum Gasteiger partial charge on any atom is -0.290 e. The van der Waals surface area contributed by atoms with Crippen molar-refractivity contribution in [3.63, 3.8) is 0 Å². The topological polar surface area (TPSA) is 109 Å². The van der Waals surface area contributed by atoms with E-state index in [-0.39, 0.29) is 5.78 Å². The largest absolute Gasteiger partial charge is 0.290 e. The van der Waals surface area contributed by atoms with Crippen molar-refractivity contribution < 1.29 is 33.7 Å². The van der Waals surface area contributed by atoms with E-state index in [1.807, 2.05) is 48.5 Å². The van der Waals surface area contributed by atoms with Gasteiger partial charge in [0.05, 0.1) is 0 Å². The lowest BCUT2D eigenvalue weighted by Gasteiger charge is -2.27. The standard InChI is InChI=1S/C26H22OP.ClHO4/c27-26(22-13-5-1-6-14-22)21-28(23-15-7-2-8-16-23,24-17-9-3-10-18-24)25-19-11-4-12-20-25;2-1(3,4)5/h1-20H,21H2;(H,2,3,4,5)/q+1;/p-1. The minimum atomic E-state index is -4.94. The van der Waals surface area contributed by atoms with Gasteiger partial charge in [0.25, 0.3) is 0 Å². The van der Waals surface area contributed by atoms with Gasteiger partial charge >= 0.3 is 0 Å². The van der Waals surface area contributed by atoms with E-state index >= 15 is 0 Å². The molecule has 0 radical (unpaired) electrons. The van der Waals surface area contributed by atoms with E-state index in [0.29, 0.717) is 6.16 Å². The summed E-state index contributed by atoms with van der Waals surface area (Å²) in [6, 6.07) is 41.2. The smallest absolute Gasteiger partial charge is 0.201 e. The van der Waals surface area contributed by atoms with Crippen LogP contribution in [-0.2, 0) is 0 Å². The van der Waals surface area contributed by atoms with E-state index in [1.54, 1.807) is 0 Å². The second-order valence-electron chi connectivity index (χ2n) is 7.14. The normalized spacial score (nSPS) is 11.3. The average Bonchev–Trinajstić information content (AvgIpc) is 2.83. The quantitative estimate of drug-likeness (QED) is 0.287. The van der Waals surface area contributed by atoms with E-state index in [4.69, 9.17) is 18.6 Å². The Morgan fingerprint density at radius 3 is 1.12 bits per heavy atom. The fourth-order valence-electron chi connectivity index (χ4n) is 3.70. The first-order valence-corrected chi connectivity index (χ1v) is 13.3. The summed E-state index contributed by atoms with van der Waals surface area (Å²) in [6.45, 7) is 0. The van der Waals surface area contributed by atoms with Crippen LogP contribution in [0.5, 0.6) is 0 Å². The van der Waals surface area contributed by atoms with Crippen LogP contribution in [0.3, 0.4) is 0 Å². The molecule has 0 N–H and O–H groups in total. The Morgan fingerprint density at radius 2 is 0.818 bits per heavy atom. The molecule has 33 heavy (non-hydrogen) atoms. The third kappa shape index (κ3) is 6.80. The van der Waals surface area contributed by atoms with Crippen molar-refractivity contribution in [1.82, 2.24) is 0 Å². The first-order chi connectivity index (χ1) is 15.8. The van der Waals surface area contributed by atoms with Gasteiger partial charge < -0.3 is 0 Å². The molecule has 0 aliphatic rings. The molecule has 0 heterocycles. The molecule has 0 aliphatic carbocycles. The molecule has 7 heteroatoms. The summed E-state index contributed by atoms with van der Waals surface area (Å²) in [5.74, 6) is 0.186. The first kappa shape index (κ1) is 24.7. The fraction of sp³-hybridized carbons (Fsp3) is 0.0385. The Labute approximate surface area is 195 Å². The summed E-state index contributed by atoms with van der Waals surface area (Å²) in [6.07, 6.45) is 0.481. The summed E-state index contributed by atoms with van der Waals surface area (Å²) < 4.78 is 34.0. The number of benzene rings is 4. The number of hydrogen-bond acceptors (Lipinski definition) is 5. The molecule has 168 valence electrons. The third-order valence-corrected chi connectivity index (χ3v) is 9.37. The highest BCUT2D eigenvalue weighted by atomic mass is 35.7. The molecule has 0 saturated carbocycles. The Kier molecular flexibility index (Phi) is 8.48. The van der Waals surface area contributed by atoms with Gasteiger partial charge in [0, 0.05) is 5.56 Å².